The van der Waals surface area contributed by atoms with E-state index < -0.39 is 5.97 Å². The van der Waals surface area contributed by atoms with Crippen molar-refractivity contribution < 1.29 is 14.7 Å². The highest BCUT2D eigenvalue weighted by molar-refractivity contribution is 5.94. The lowest BCUT2D eigenvalue weighted by Crippen LogP contribution is -2.40. The molecule has 1 saturated heterocycles. The number of amides is 1. The zero-order chi connectivity index (χ0) is 16.9. The number of rotatable bonds is 5. The third kappa shape index (κ3) is 3.79. The summed E-state index contributed by atoms with van der Waals surface area (Å²) < 4.78 is 1.61. The summed E-state index contributed by atoms with van der Waals surface area (Å²) in [6.07, 6.45) is 5.72. The number of aromatic nitrogens is 3. The molecule has 1 aromatic carbocycles. The molecular formula is C17H20N4O3. The van der Waals surface area contributed by atoms with E-state index in [-0.39, 0.29) is 18.2 Å². The predicted molar refractivity (Wildman–Crippen MR) is 86.9 cm³/mol. The standard InChI is InChI=1S/C17H20N4O3/c22-16(23)7-6-13-3-2-8-20(10-13)17(24)14-4-1-5-15(9-14)21-12-18-11-19-21/h1,4-5,9,11-13H,2-3,6-8,10H2,(H,22,23). The van der Waals surface area contributed by atoms with Gasteiger partial charge < -0.3 is 10.0 Å². The van der Waals surface area contributed by atoms with Crippen molar-refractivity contribution in [2.75, 3.05) is 13.1 Å². The number of piperidine rings is 1. The van der Waals surface area contributed by atoms with Gasteiger partial charge in [-0.3, -0.25) is 9.59 Å². The quantitative estimate of drug-likeness (QED) is 0.906. The number of nitrogens with zero attached hydrogens (tertiary/aromatic N) is 4. The molecule has 2 heterocycles. The highest BCUT2D eigenvalue weighted by Gasteiger charge is 2.25. The van der Waals surface area contributed by atoms with Crippen molar-refractivity contribution in [3.63, 3.8) is 0 Å². The summed E-state index contributed by atoms with van der Waals surface area (Å²) in [5.74, 6) is -0.534. The van der Waals surface area contributed by atoms with Crippen molar-refractivity contribution in [2.45, 2.75) is 25.7 Å². The Morgan fingerprint density at radius 2 is 2.21 bits per heavy atom. The van der Waals surface area contributed by atoms with Crippen molar-refractivity contribution in [3.05, 3.63) is 42.5 Å². The lowest BCUT2D eigenvalue weighted by molar-refractivity contribution is -0.137. The molecule has 1 amide bonds. The third-order valence-corrected chi connectivity index (χ3v) is 4.35. The molecule has 1 unspecified atom stereocenters. The Morgan fingerprint density at radius 3 is 2.96 bits per heavy atom. The molecule has 0 radical (unpaired) electrons. The minimum atomic E-state index is -0.779. The molecule has 0 saturated carbocycles. The summed E-state index contributed by atoms with van der Waals surface area (Å²) in [7, 11) is 0. The SMILES string of the molecule is O=C(O)CCC1CCCN(C(=O)c2cccc(-n3cncn3)c2)C1. The van der Waals surface area contributed by atoms with E-state index in [2.05, 4.69) is 10.1 Å². The Bertz CT molecular complexity index is 714. The highest BCUT2D eigenvalue weighted by atomic mass is 16.4. The van der Waals surface area contributed by atoms with Crippen LogP contribution in [-0.2, 0) is 4.79 Å². The second-order valence-corrected chi connectivity index (χ2v) is 6.08. The number of carbonyl (C=O) groups is 2. The van der Waals surface area contributed by atoms with Crippen LogP contribution in [-0.4, -0.2) is 49.7 Å². The third-order valence-electron chi connectivity index (χ3n) is 4.35. The van der Waals surface area contributed by atoms with Gasteiger partial charge in [0.15, 0.2) is 0 Å². The van der Waals surface area contributed by atoms with Crippen LogP contribution in [0.5, 0.6) is 0 Å². The fourth-order valence-corrected chi connectivity index (χ4v) is 3.12. The number of hydrogen-bond donors (Lipinski definition) is 1. The monoisotopic (exact) mass is 328 g/mol. The first-order valence-corrected chi connectivity index (χ1v) is 8.09. The fraction of sp³-hybridized carbons (Fsp3) is 0.412. The van der Waals surface area contributed by atoms with Crippen LogP contribution >= 0.6 is 0 Å². The van der Waals surface area contributed by atoms with Gasteiger partial charge in [-0.2, -0.15) is 5.10 Å². The van der Waals surface area contributed by atoms with E-state index in [0.717, 1.165) is 25.1 Å². The van der Waals surface area contributed by atoms with E-state index in [4.69, 9.17) is 5.11 Å². The van der Waals surface area contributed by atoms with Crippen LogP contribution in [0.3, 0.4) is 0 Å². The van der Waals surface area contributed by atoms with Gasteiger partial charge in [-0.15, -0.1) is 0 Å². The Balaban J connectivity index is 1.69. The Morgan fingerprint density at radius 1 is 1.33 bits per heavy atom. The van der Waals surface area contributed by atoms with E-state index in [9.17, 15) is 9.59 Å². The van der Waals surface area contributed by atoms with Gasteiger partial charge in [-0.05, 0) is 43.4 Å². The van der Waals surface area contributed by atoms with Crippen molar-refractivity contribution in [2.24, 2.45) is 5.92 Å². The highest BCUT2D eigenvalue weighted by Crippen LogP contribution is 2.23. The van der Waals surface area contributed by atoms with Crippen molar-refractivity contribution in [1.82, 2.24) is 19.7 Å². The molecule has 7 nitrogen and oxygen atoms in total. The predicted octanol–water partition coefficient (Wildman–Crippen LogP) is 1.98. The average molecular weight is 328 g/mol. The van der Waals surface area contributed by atoms with Gasteiger partial charge in [0, 0.05) is 25.1 Å². The maximum atomic E-state index is 12.8. The van der Waals surface area contributed by atoms with Crippen molar-refractivity contribution in [3.8, 4) is 5.69 Å². The molecule has 24 heavy (non-hydrogen) atoms. The zero-order valence-corrected chi connectivity index (χ0v) is 13.3. The summed E-state index contributed by atoms with van der Waals surface area (Å²) in [5, 5.41) is 12.9. The Labute approximate surface area is 139 Å². The first kappa shape index (κ1) is 16.2. The molecule has 126 valence electrons. The number of benzene rings is 1. The molecule has 0 bridgehead atoms. The van der Waals surface area contributed by atoms with Crippen LogP contribution in [0, 0.1) is 5.92 Å². The maximum absolute atomic E-state index is 12.8. The number of carboxylic acids is 1. The van der Waals surface area contributed by atoms with Gasteiger partial charge in [-0.1, -0.05) is 6.07 Å². The zero-order valence-electron chi connectivity index (χ0n) is 13.3. The summed E-state index contributed by atoms with van der Waals surface area (Å²) in [5.41, 5.74) is 1.40. The van der Waals surface area contributed by atoms with E-state index in [1.807, 2.05) is 17.0 Å². The first-order chi connectivity index (χ1) is 11.6. The van der Waals surface area contributed by atoms with Crippen LogP contribution in [0.15, 0.2) is 36.9 Å². The second-order valence-electron chi connectivity index (χ2n) is 6.08. The van der Waals surface area contributed by atoms with Gasteiger partial charge in [-0.25, -0.2) is 9.67 Å². The molecule has 0 spiro atoms. The van der Waals surface area contributed by atoms with E-state index >= 15 is 0 Å². The number of carboxylic acid groups (broad SMARTS) is 1. The number of hydrogen-bond acceptors (Lipinski definition) is 4. The molecule has 1 atom stereocenters. The van der Waals surface area contributed by atoms with Gasteiger partial charge >= 0.3 is 5.97 Å². The van der Waals surface area contributed by atoms with Gasteiger partial charge in [0.05, 0.1) is 5.69 Å². The summed E-state index contributed by atoms with van der Waals surface area (Å²) in [4.78, 5) is 29.3. The smallest absolute Gasteiger partial charge is 0.303 e. The molecule has 1 aliphatic rings. The van der Waals surface area contributed by atoms with Crippen molar-refractivity contribution >= 4 is 11.9 Å². The average Bonchev–Trinajstić information content (AvgIpc) is 3.14. The molecule has 1 aliphatic heterocycles. The molecule has 1 fully saturated rings. The second kappa shape index (κ2) is 7.25. The number of aliphatic carboxylic acids is 1. The van der Waals surface area contributed by atoms with Gasteiger partial charge in [0.2, 0.25) is 0 Å². The van der Waals surface area contributed by atoms with Gasteiger partial charge in [0.25, 0.3) is 5.91 Å². The minimum Gasteiger partial charge on any atom is -0.481 e. The molecule has 3 rings (SSSR count). The first-order valence-electron chi connectivity index (χ1n) is 8.09. The number of likely N-dealkylation sites (tertiary alicyclic amines) is 1. The van der Waals surface area contributed by atoms with E-state index in [1.54, 1.807) is 23.1 Å². The maximum Gasteiger partial charge on any atom is 0.303 e. The lowest BCUT2D eigenvalue weighted by Gasteiger charge is -2.32. The Hall–Kier alpha value is -2.70. The molecule has 0 aliphatic carbocycles. The molecule has 7 heteroatoms. The lowest BCUT2D eigenvalue weighted by atomic mass is 9.93. The van der Waals surface area contributed by atoms with E-state index in [1.165, 1.54) is 6.33 Å². The van der Waals surface area contributed by atoms with Crippen LogP contribution in [0.25, 0.3) is 5.69 Å². The largest absolute Gasteiger partial charge is 0.481 e. The summed E-state index contributed by atoms with van der Waals surface area (Å²) in [6.45, 7) is 1.34. The molecule has 1 N–H and O–H groups in total. The minimum absolute atomic E-state index is 0.0167. The topological polar surface area (TPSA) is 88.3 Å². The molecule has 2 aromatic rings. The van der Waals surface area contributed by atoms with Crippen LogP contribution in [0.2, 0.25) is 0 Å². The number of carbonyl (C=O) groups excluding carboxylic acids is 1. The molecule has 1 aromatic heterocycles. The van der Waals surface area contributed by atoms with Crippen molar-refractivity contribution in [1.29, 1.82) is 0 Å². The van der Waals surface area contributed by atoms with Crippen LogP contribution < -0.4 is 0 Å². The van der Waals surface area contributed by atoms with Crippen LogP contribution in [0.4, 0.5) is 0 Å². The molecular weight excluding hydrogens is 308 g/mol. The van der Waals surface area contributed by atoms with E-state index in [0.29, 0.717) is 18.5 Å². The summed E-state index contributed by atoms with van der Waals surface area (Å²) in [6, 6.07) is 7.30. The normalized spacial score (nSPS) is 17.7. The Kier molecular flexibility index (Phi) is 4.88. The summed E-state index contributed by atoms with van der Waals surface area (Å²) >= 11 is 0. The van der Waals surface area contributed by atoms with Gasteiger partial charge in [0.1, 0.15) is 12.7 Å². The fourth-order valence-electron chi connectivity index (χ4n) is 3.12. The van der Waals surface area contributed by atoms with Crippen LogP contribution in [0.1, 0.15) is 36.0 Å².